The number of aryl methyl sites for hydroxylation is 2. The van der Waals surface area contributed by atoms with Crippen molar-refractivity contribution in [1.29, 1.82) is 0 Å². The largest absolute Gasteiger partial charge is 0.311 e. The van der Waals surface area contributed by atoms with Gasteiger partial charge in [-0.05, 0) is 55.8 Å². The minimum atomic E-state index is 0.339. The first-order valence-electron chi connectivity index (χ1n) is 5.97. The Balaban J connectivity index is 2.22. The van der Waals surface area contributed by atoms with Gasteiger partial charge in [0.1, 0.15) is 0 Å². The van der Waals surface area contributed by atoms with Crippen LogP contribution in [0.4, 0.5) is 0 Å². The first kappa shape index (κ1) is 12.3. The van der Waals surface area contributed by atoms with Crippen LogP contribution in [-0.4, -0.2) is 16.8 Å². The van der Waals surface area contributed by atoms with E-state index in [4.69, 9.17) is 0 Å². The highest BCUT2D eigenvalue weighted by Gasteiger charge is 2.15. The number of thiophene rings is 1. The van der Waals surface area contributed by atoms with Crippen molar-refractivity contribution in [3.05, 3.63) is 39.8 Å². The third kappa shape index (κ3) is 2.76. The highest BCUT2D eigenvalue weighted by atomic mass is 32.1. The summed E-state index contributed by atoms with van der Waals surface area (Å²) in [4.78, 5) is 0. The van der Waals surface area contributed by atoms with Gasteiger partial charge in [-0.2, -0.15) is 16.4 Å². The molecular formula is C13H19N3S. The highest BCUT2D eigenvalue weighted by molar-refractivity contribution is 7.07. The van der Waals surface area contributed by atoms with Crippen LogP contribution in [0.3, 0.4) is 0 Å². The summed E-state index contributed by atoms with van der Waals surface area (Å²) in [7, 11) is 2.01. The number of likely N-dealkylation sites (N-methyl/N-ethyl adjacent to an activating group) is 1. The van der Waals surface area contributed by atoms with Crippen LogP contribution in [0.2, 0.25) is 0 Å². The summed E-state index contributed by atoms with van der Waals surface area (Å²) in [5, 5.41) is 12.2. The van der Waals surface area contributed by atoms with Gasteiger partial charge in [0.15, 0.2) is 0 Å². The zero-order chi connectivity index (χ0) is 12.3. The lowest BCUT2D eigenvalue weighted by molar-refractivity contribution is 0.513. The van der Waals surface area contributed by atoms with Gasteiger partial charge < -0.3 is 5.32 Å². The normalized spacial score (nSPS) is 12.9. The molecule has 0 spiro atoms. The maximum absolute atomic E-state index is 4.51. The lowest BCUT2D eigenvalue weighted by Gasteiger charge is -2.16. The molecule has 0 radical (unpaired) electrons. The van der Waals surface area contributed by atoms with E-state index in [9.17, 15) is 0 Å². The second-order valence-corrected chi connectivity index (χ2v) is 4.98. The third-order valence-corrected chi connectivity index (χ3v) is 3.69. The Morgan fingerprint density at radius 1 is 1.53 bits per heavy atom. The van der Waals surface area contributed by atoms with Crippen molar-refractivity contribution >= 4 is 11.3 Å². The summed E-state index contributed by atoms with van der Waals surface area (Å²) in [6.07, 6.45) is 1.02. The predicted octanol–water partition coefficient (Wildman–Crippen LogP) is 2.78. The van der Waals surface area contributed by atoms with Crippen LogP contribution in [0.5, 0.6) is 0 Å². The molecule has 0 aliphatic carbocycles. The van der Waals surface area contributed by atoms with Crippen molar-refractivity contribution in [3.63, 3.8) is 0 Å². The van der Waals surface area contributed by atoms with E-state index in [1.54, 1.807) is 11.3 Å². The molecule has 0 aliphatic rings. The van der Waals surface area contributed by atoms with E-state index in [0.29, 0.717) is 6.04 Å². The summed E-state index contributed by atoms with van der Waals surface area (Å²) in [5.41, 5.74) is 3.75. The molecule has 0 fully saturated rings. The molecule has 0 aliphatic heterocycles. The average Bonchev–Trinajstić information content (AvgIpc) is 2.94. The summed E-state index contributed by atoms with van der Waals surface area (Å²) in [5.74, 6) is 0. The smallest absolute Gasteiger partial charge is 0.0597 e. The van der Waals surface area contributed by atoms with E-state index in [1.165, 1.54) is 11.3 Å². The molecule has 2 aromatic rings. The molecule has 2 rings (SSSR count). The molecule has 0 aromatic carbocycles. The van der Waals surface area contributed by atoms with Gasteiger partial charge in [-0.15, -0.1) is 0 Å². The van der Waals surface area contributed by atoms with E-state index in [-0.39, 0.29) is 0 Å². The van der Waals surface area contributed by atoms with Gasteiger partial charge in [0, 0.05) is 6.54 Å². The molecule has 1 N–H and O–H groups in total. The minimum Gasteiger partial charge on any atom is -0.311 e. The Morgan fingerprint density at radius 3 is 2.94 bits per heavy atom. The maximum Gasteiger partial charge on any atom is 0.0597 e. The molecule has 1 unspecified atom stereocenters. The van der Waals surface area contributed by atoms with E-state index >= 15 is 0 Å². The second kappa shape index (κ2) is 5.47. The zero-order valence-electron chi connectivity index (χ0n) is 10.6. The van der Waals surface area contributed by atoms with Crippen LogP contribution in [0, 0.1) is 6.92 Å². The van der Waals surface area contributed by atoms with Crippen LogP contribution >= 0.6 is 11.3 Å². The molecular weight excluding hydrogens is 230 g/mol. The lowest BCUT2D eigenvalue weighted by Crippen LogP contribution is -2.22. The van der Waals surface area contributed by atoms with Gasteiger partial charge in [0.05, 0.1) is 17.4 Å². The van der Waals surface area contributed by atoms with Crippen molar-refractivity contribution in [2.45, 2.75) is 32.9 Å². The molecule has 4 heteroatoms. The van der Waals surface area contributed by atoms with Crippen molar-refractivity contribution < 1.29 is 0 Å². The van der Waals surface area contributed by atoms with Crippen LogP contribution in [0.1, 0.15) is 29.9 Å². The fourth-order valence-electron chi connectivity index (χ4n) is 2.10. The number of hydrogen-bond acceptors (Lipinski definition) is 3. The number of hydrogen-bond donors (Lipinski definition) is 1. The van der Waals surface area contributed by atoms with E-state index in [2.05, 4.69) is 44.9 Å². The van der Waals surface area contributed by atoms with Crippen LogP contribution in [0.25, 0.3) is 0 Å². The molecule has 2 aromatic heterocycles. The first-order valence-corrected chi connectivity index (χ1v) is 6.91. The SMILES string of the molecule is CCn1nc(C)cc1C(Cc1ccsc1)NC. The molecule has 0 bridgehead atoms. The van der Waals surface area contributed by atoms with Crippen LogP contribution in [0.15, 0.2) is 22.9 Å². The second-order valence-electron chi connectivity index (χ2n) is 4.20. The fourth-order valence-corrected chi connectivity index (χ4v) is 2.78. The zero-order valence-corrected chi connectivity index (χ0v) is 11.4. The van der Waals surface area contributed by atoms with Crippen LogP contribution in [-0.2, 0) is 13.0 Å². The van der Waals surface area contributed by atoms with Gasteiger partial charge in [-0.25, -0.2) is 0 Å². The average molecular weight is 249 g/mol. The summed E-state index contributed by atoms with van der Waals surface area (Å²) in [6, 6.07) is 4.71. The standard InChI is InChI=1S/C13H19N3S/c1-4-16-13(7-10(2)15-16)12(14-3)8-11-5-6-17-9-11/h5-7,9,12,14H,4,8H2,1-3H3. The van der Waals surface area contributed by atoms with Crippen molar-refractivity contribution in [2.75, 3.05) is 7.05 Å². The van der Waals surface area contributed by atoms with Gasteiger partial charge in [-0.3, -0.25) is 4.68 Å². The van der Waals surface area contributed by atoms with Crippen molar-refractivity contribution in [1.82, 2.24) is 15.1 Å². The van der Waals surface area contributed by atoms with Gasteiger partial charge in [0.2, 0.25) is 0 Å². The first-order chi connectivity index (χ1) is 8.24. The van der Waals surface area contributed by atoms with Crippen LogP contribution < -0.4 is 5.32 Å². The Morgan fingerprint density at radius 2 is 2.35 bits per heavy atom. The van der Waals surface area contributed by atoms with Crippen molar-refractivity contribution in [3.8, 4) is 0 Å². The molecule has 0 saturated heterocycles. The number of rotatable bonds is 5. The Hall–Kier alpha value is -1.13. The molecule has 3 nitrogen and oxygen atoms in total. The quantitative estimate of drug-likeness (QED) is 0.883. The predicted molar refractivity (Wildman–Crippen MR) is 72.5 cm³/mol. The Kier molecular flexibility index (Phi) is 3.97. The van der Waals surface area contributed by atoms with Crippen molar-refractivity contribution in [2.24, 2.45) is 0 Å². The molecule has 1 atom stereocenters. The van der Waals surface area contributed by atoms with Gasteiger partial charge in [-0.1, -0.05) is 0 Å². The highest BCUT2D eigenvalue weighted by Crippen LogP contribution is 2.20. The Bertz CT molecular complexity index is 459. The van der Waals surface area contributed by atoms with Gasteiger partial charge >= 0.3 is 0 Å². The number of nitrogens with one attached hydrogen (secondary N) is 1. The minimum absolute atomic E-state index is 0.339. The third-order valence-electron chi connectivity index (χ3n) is 2.96. The fraction of sp³-hybridized carbons (Fsp3) is 0.462. The molecule has 2 heterocycles. The molecule has 0 amide bonds. The van der Waals surface area contributed by atoms with E-state index in [1.807, 2.05) is 14.0 Å². The molecule has 0 saturated carbocycles. The summed E-state index contributed by atoms with van der Waals surface area (Å²) < 4.78 is 2.09. The Labute approximate surface area is 106 Å². The molecule has 92 valence electrons. The lowest BCUT2D eigenvalue weighted by atomic mass is 10.1. The van der Waals surface area contributed by atoms with E-state index in [0.717, 1.165) is 18.7 Å². The summed E-state index contributed by atoms with van der Waals surface area (Å²) in [6.45, 7) is 5.10. The number of aromatic nitrogens is 2. The summed E-state index contributed by atoms with van der Waals surface area (Å²) >= 11 is 1.75. The van der Waals surface area contributed by atoms with Gasteiger partial charge in [0.25, 0.3) is 0 Å². The topological polar surface area (TPSA) is 29.9 Å². The molecule has 17 heavy (non-hydrogen) atoms. The monoisotopic (exact) mass is 249 g/mol. The maximum atomic E-state index is 4.51. The van der Waals surface area contributed by atoms with E-state index < -0.39 is 0 Å². The number of nitrogens with zero attached hydrogens (tertiary/aromatic N) is 2.